The standard InChI is InChI=1S/C17H29NO/c1-4-5-6-7-8-11-15(2)18-14-16-12-9-10-13-17(16)19-3/h9-10,12-13,15,18H,4-8,11,14H2,1-3H3. The molecule has 1 aromatic carbocycles. The van der Waals surface area contributed by atoms with Gasteiger partial charge in [0.25, 0.3) is 0 Å². The van der Waals surface area contributed by atoms with Crippen LogP contribution >= 0.6 is 0 Å². The summed E-state index contributed by atoms with van der Waals surface area (Å²) in [6, 6.07) is 8.80. The van der Waals surface area contributed by atoms with Crippen LogP contribution in [0.1, 0.15) is 57.9 Å². The largest absolute Gasteiger partial charge is 0.496 e. The van der Waals surface area contributed by atoms with Gasteiger partial charge in [-0.2, -0.15) is 0 Å². The number of hydrogen-bond acceptors (Lipinski definition) is 2. The number of unbranched alkanes of at least 4 members (excludes halogenated alkanes) is 4. The van der Waals surface area contributed by atoms with Crippen LogP contribution in [0.5, 0.6) is 5.75 Å². The van der Waals surface area contributed by atoms with Gasteiger partial charge in [-0.3, -0.25) is 0 Å². The van der Waals surface area contributed by atoms with Gasteiger partial charge in [-0.15, -0.1) is 0 Å². The molecule has 0 heterocycles. The lowest BCUT2D eigenvalue weighted by Crippen LogP contribution is -2.25. The van der Waals surface area contributed by atoms with E-state index in [0.717, 1.165) is 12.3 Å². The molecular formula is C17H29NO. The zero-order valence-corrected chi connectivity index (χ0v) is 12.7. The Balaban J connectivity index is 2.20. The predicted molar refractivity (Wildman–Crippen MR) is 82.7 cm³/mol. The highest BCUT2D eigenvalue weighted by Crippen LogP contribution is 2.17. The summed E-state index contributed by atoms with van der Waals surface area (Å²) < 4.78 is 5.36. The van der Waals surface area contributed by atoms with E-state index in [9.17, 15) is 0 Å². The van der Waals surface area contributed by atoms with Crippen LogP contribution in [0, 0.1) is 0 Å². The third kappa shape index (κ3) is 6.63. The first-order valence-electron chi connectivity index (χ1n) is 7.63. The van der Waals surface area contributed by atoms with E-state index in [1.54, 1.807) is 7.11 Å². The summed E-state index contributed by atoms with van der Waals surface area (Å²) in [6.07, 6.45) is 8.05. The van der Waals surface area contributed by atoms with Crippen LogP contribution in [0.15, 0.2) is 24.3 Å². The van der Waals surface area contributed by atoms with Crippen LogP contribution in [0.4, 0.5) is 0 Å². The smallest absolute Gasteiger partial charge is 0.123 e. The topological polar surface area (TPSA) is 21.3 Å². The molecule has 0 saturated carbocycles. The first-order valence-corrected chi connectivity index (χ1v) is 7.63. The molecule has 0 amide bonds. The first kappa shape index (κ1) is 16.0. The van der Waals surface area contributed by atoms with Crippen LogP contribution in [-0.4, -0.2) is 13.2 Å². The summed E-state index contributed by atoms with van der Waals surface area (Å²) in [4.78, 5) is 0. The molecule has 0 radical (unpaired) electrons. The van der Waals surface area contributed by atoms with E-state index in [1.165, 1.54) is 44.1 Å². The van der Waals surface area contributed by atoms with E-state index in [1.807, 2.05) is 12.1 Å². The van der Waals surface area contributed by atoms with E-state index in [-0.39, 0.29) is 0 Å². The number of para-hydroxylation sites is 1. The van der Waals surface area contributed by atoms with Crippen LogP contribution < -0.4 is 10.1 Å². The SMILES string of the molecule is CCCCCCCC(C)NCc1ccccc1OC. The summed E-state index contributed by atoms with van der Waals surface area (Å²) in [5.41, 5.74) is 1.24. The maximum Gasteiger partial charge on any atom is 0.123 e. The third-order valence-corrected chi connectivity index (χ3v) is 3.57. The van der Waals surface area contributed by atoms with Gasteiger partial charge in [-0.25, -0.2) is 0 Å². The molecular weight excluding hydrogens is 234 g/mol. The molecule has 1 rings (SSSR count). The zero-order chi connectivity index (χ0) is 13.9. The third-order valence-electron chi connectivity index (χ3n) is 3.57. The maximum absolute atomic E-state index is 5.36. The van der Waals surface area contributed by atoms with Crippen molar-refractivity contribution in [1.29, 1.82) is 0 Å². The number of hydrogen-bond donors (Lipinski definition) is 1. The van der Waals surface area contributed by atoms with Crippen molar-refractivity contribution in [2.75, 3.05) is 7.11 Å². The minimum absolute atomic E-state index is 0.575. The highest BCUT2D eigenvalue weighted by molar-refractivity contribution is 5.32. The quantitative estimate of drug-likeness (QED) is 0.626. The average Bonchev–Trinajstić information content (AvgIpc) is 2.45. The Morgan fingerprint density at radius 3 is 2.58 bits per heavy atom. The fourth-order valence-electron chi connectivity index (χ4n) is 2.29. The van der Waals surface area contributed by atoms with Gasteiger partial charge in [-0.1, -0.05) is 57.2 Å². The van der Waals surface area contributed by atoms with Crippen molar-refractivity contribution in [2.24, 2.45) is 0 Å². The van der Waals surface area contributed by atoms with Crippen molar-refractivity contribution in [3.05, 3.63) is 29.8 Å². The minimum Gasteiger partial charge on any atom is -0.496 e. The van der Waals surface area contributed by atoms with Gasteiger partial charge in [0.1, 0.15) is 5.75 Å². The molecule has 1 aromatic rings. The fraction of sp³-hybridized carbons (Fsp3) is 0.647. The van der Waals surface area contributed by atoms with Crippen molar-refractivity contribution >= 4 is 0 Å². The molecule has 0 bridgehead atoms. The number of rotatable bonds is 10. The molecule has 19 heavy (non-hydrogen) atoms. The summed E-state index contributed by atoms with van der Waals surface area (Å²) in [7, 11) is 1.73. The van der Waals surface area contributed by atoms with Crippen LogP contribution in [0.25, 0.3) is 0 Å². The molecule has 0 saturated heterocycles. The van der Waals surface area contributed by atoms with Crippen LogP contribution in [0.2, 0.25) is 0 Å². The Bertz CT molecular complexity index is 338. The number of benzene rings is 1. The fourth-order valence-corrected chi connectivity index (χ4v) is 2.29. The number of methoxy groups -OCH3 is 1. The first-order chi connectivity index (χ1) is 9.27. The summed E-state index contributed by atoms with van der Waals surface area (Å²) in [5, 5.41) is 3.58. The molecule has 0 aliphatic heterocycles. The van der Waals surface area contributed by atoms with Crippen molar-refractivity contribution in [3.8, 4) is 5.75 Å². The lowest BCUT2D eigenvalue weighted by atomic mass is 10.1. The molecule has 0 aliphatic rings. The molecule has 0 spiro atoms. The normalized spacial score (nSPS) is 12.4. The summed E-state index contributed by atoms with van der Waals surface area (Å²) in [6.45, 7) is 5.42. The highest BCUT2D eigenvalue weighted by atomic mass is 16.5. The molecule has 1 atom stereocenters. The highest BCUT2D eigenvalue weighted by Gasteiger charge is 2.04. The van der Waals surface area contributed by atoms with E-state index in [4.69, 9.17) is 4.74 Å². The maximum atomic E-state index is 5.36. The van der Waals surface area contributed by atoms with Crippen molar-refractivity contribution in [2.45, 2.75) is 65.0 Å². The molecule has 0 aliphatic carbocycles. The molecule has 1 N–H and O–H groups in total. The Hall–Kier alpha value is -1.02. The average molecular weight is 263 g/mol. The van der Waals surface area contributed by atoms with Gasteiger partial charge in [0, 0.05) is 18.2 Å². The second-order valence-corrected chi connectivity index (χ2v) is 5.30. The second kappa shape index (κ2) is 9.85. The second-order valence-electron chi connectivity index (χ2n) is 5.30. The van der Waals surface area contributed by atoms with Crippen molar-refractivity contribution in [3.63, 3.8) is 0 Å². The molecule has 0 fully saturated rings. The Labute approximate surface area is 118 Å². The van der Waals surface area contributed by atoms with Crippen LogP contribution in [-0.2, 0) is 6.54 Å². The summed E-state index contributed by atoms with van der Waals surface area (Å²) in [5.74, 6) is 0.977. The Morgan fingerprint density at radius 1 is 1.11 bits per heavy atom. The Kier molecular flexibility index (Phi) is 8.31. The lowest BCUT2D eigenvalue weighted by molar-refractivity contribution is 0.403. The molecule has 2 heteroatoms. The molecule has 0 aromatic heterocycles. The number of ether oxygens (including phenoxy) is 1. The van der Waals surface area contributed by atoms with Gasteiger partial charge in [0.15, 0.2) is 0 Å². The molecule has 108 valence electrons. The monoisotopic (exact) mass is 263 g/mol. The summed E-state index contributed by atoms with van der Waals surface area (Å²) >= 11 is 0. The minimum atomic E-state index is 0.575. The van der Waals surface area contributed by atoms with Gasteiger partial charge in [-0.05, 0) is 19.4 Å². The van der Waals surface area contributed by atoms with E-state index in [0.29, 0.717) is 6.04 Å². The van der Waals surface area contributed by atoms with Gasteiger partial charge in [0.05, 0.1) is 7.11 Å². The van der Waals surface area contributed by atoms with E-state index in [2.05, 4.69) is 31.3 Å². The molecule has 1 unspecified atom stereocenters. The van der Waals surface area contributed by atoms with Gasteiger partial charge in [0.2, 0.25) is 0 Å². The van der Waals surface area contributed by atoms with Crippen molar-refractivity contribution in [1.82, 2.24) is 5.32 Å². The predicted octanol–water partition coefficient (Wildman–Crippen LogP) is 4.53. The van der Waals surface area contributed by atoms with Crippen molar-refractivity contribution < 1.29 is 4.74 Å². The van der Waals surface area contributed by atoms with Gasteiger partial charge < -0.3 is 10.1 Å². The molecule has 2 nitrogen and oxygen atoms in total. The van der Waals surface area contributed by atoms with E-state index < -0.39 is 0 Å². The lowest BCUT2D eigenvalue weighted by Gasteiger charge is -2.15. The van der Waals surface area contributed by atoms with Crippen LogP contribution in [0.3, 0.4) is 0 Å². The Morgan fingerprint density at radius 2 is 1.84 bits per heavy atom. The van der Waals surface area contributed by atoms with E-state index >= 15 is 0 Å². The number of nitrogens with one attached hydrogen (secondary N) is 1. The zero-order valence-electron chi connectivity index (χ0n) is 12.7. The van der Waals surface area contributed by atoms with Gasteiger partial charge >= 0.3 is 0 Å².